The summed E-state index contributed by atoms with van der Waals surface area (Å²) in [7, 11) is 2.89. The maximum atomic E-state index is 14.7. The summed E-state index contributed by atoms with van der Waals surface area (Å²) in [6.07, 6.45) is 10.9. The molecule has 0 fully saturated rings. The van der Waals surface area contributed by atoms with Crippen LogP contribution in [0, 0.1) is 11.8 Å². The van der Waals surface area contributed by atoms with Gasteiger partial charge in [-0.2, -0.15) is 0 Å². The van der Waals surface area contributed by atoms with Crippen molar-refractivity contribution >= 4 is 56.7 Å². The predicted octanol–water partition coefficient (Wildman–Crippen LogP) is 9.06. The van der Waals surface area contributed by atoms with Crippen LogP contribution < -0.4 is 0 Å². The van der Waals surface area contributed by atoms with Gasteiger partial charge >= 0.3 is 0 Å². The lowest BCUT2D eigenvalue weighted by Crippen LogP contribution is -2.25. The van der Waals surface area contributed by atoms with Crippen molar-refractivity contribution in [1.29, 1.82) is 0 Å². The average molecular weight is 603 g/mol. The first-order valence-electron chi connectivity index (χ1n) is 15.5. The first-order valence-corrected chi connectivity index (χ1v) is 15.5. The van der Waals surface area contributed by atoms with E-state index < -0.39 is 11.6 Å². The molecule has 6 nitrogen and oxygen atoms in total. The van der Waals surface area contributed by atoms with Crippen molar-refractivity contribution in [3.8, 4) is 0 Å². The molecule has 0 spiro atoms. The van der Waals surface area contributed by atoms with Crippen molar-refractivity contribution in [2.24, 2.45) is 11.8 Å². The Kier molecular flexibility index (Phi) is 9.14. The highest BCUT2D eigenvalue weighted by molar-refractivity contribution is 6.48. The van der Waals surface area contributed by atoms with Crippen molar-refractivity contribution < 1.29 is 19.1 Å². The molecule has 45 heavy (non-hydrogen) atoms. The van der Waals surface area contributed by atoms with E-state index in [0.29, 0.717) is 11.1 Å². The lowest BCUT2D eigenvalue weighted by Gasteiger charge is -2.23. The van der Waals surface area contributed by atoms with Crippen LogP contribution in [0.3, 0.4) is 0 Å². The molecule has 0 aliphatic heterocycles. The molecule has 2 heterocycles. The Morgan fingerprint density at radius 1 is 0.756 bits per heavy atom. The van der Waals surface area contributed by atoms with Crippen LogP contribution in [0.15, 0.2) is 77.8 Å². The average Bonchev–Trinajstić information content (AvgIpc) is 3.57. The number of carbonyl (C=O) groups is 2. The van der Waals surface area contributed by atoms with E-state index in [1.54, 1.807) is 0 Å². The summed E-state index contributed by atoms with van der Waals surface area (Å²) in [4.78, 5) is 36.3. The van der Waals surface area contributed by atoms with Crippen molar-refractivity contribution in [1.82, 2.24) is 9.97 Å². The van der Waals surface area contributed by atoms with Crippen molar-refractivity contribution in [2.75, 3.05) is 14.2 Å². The lowest BCUT2D eigenvalue weighted by atomic mass is 9.83. The number of aromatic amines is 2. The molecule has 0 radical (unpaired) electrons. The summed E-state index contributed by atoms with van der Waals surface area (Å²) in [5.74, 6) is -0.256. The molecule has 2 aromatic carbocycles. The number of carbonyl (C=O) groups excluding carboxylic acids is 2. The highest BCUT2D eigenvalue weighted by Crippen LogP contribution is 2.43. The maximum absolute atomic E-state index is 14.7. The summed E-state index contributed by atoms with van der Waals surface area (Å²) in [5, 5.41) is 1.67. The van der Waals surface area contributed by atoms with Gasteiger partial charge in [-0.25, -0.2) is 0 Å². The first kappa shape index (κ1) is 31.6. The number of aromatic nitrogens is 2. The maximum Gasteiger partial charge on any atom is 0.232 e. The third-order valence-corrected chi connectivity index (χ3v) is 8.17. The van der Waals surface area contributed by atoms with Gasteiger partial charge in [-0.3, -0.25) is 9.59 Å². The number of ether oxygens (including phenoxy) is 2. The summed E-state index contributed by atoms with van der Waals surface area (Å²) < 4.78 is 11.7. The topological polar surface area (TPSA) is 84.2 Å². The number of H-pyrrole nitrogens is 2. The van der Waals surface area contributed by atoms with Crippen molar-refractivity contribution in [2.45, 2.75) is 48.0 Å². The molecule has 0 saturated carbocycles. The second-order valence-electron chi connectivity index (χ2n) is 12.2. The van der Waals surface area contributed by atoms with Crippen LogP contribution in [-0.2, 0) is 25.5 Å². The Hall–Kier alpha value is -4.84. The number of hydrogen-bond donors (Lipinski definition) is 2. The largest absolute Gasteiger partial charge is 0.492 e. The number of hydrogen-bond acceptors (Lipinski definition) is 4. The van der Waals surface area contributed by atoms with E-state index in [9.17, 15) is 9.59 Å². The smallest absolute Gasteiger partial charge is 0.232 e. The molecule has 0 amide bonds. The molecule has 1 aliphatic carbocycles. The molecule has 232 valence electrons. The number of nitrogens with one attached hydrogen (secondary N) is 2. The fraction of sp³-hybridized carbons (Fsp3) is 0.282. The normalized spacial score (nSPS) is 15.0. The van der Waals surface area contributed by atoms with Crippen molar-refractivity contribution in [3.05, 3.63) is 106 Å². The van der Waals surface area contributed by atoms with Crippen LogP contribution in [0.4, 0.5) is 0 Å². The quantitative estimate of drug-likeness (QED) is 0.140. The van der Waals surface area contributed by atoms with E-state index >= 15 is 0 Å². The molecule has 2 aromatic heterocycles. The third-order valence-electron chi connectivity index (χ3n) is 8.17. The van der Waals surface area contributed by atoms with E-state index in [0.717, 1.165) is 45.2 Å². The minimum atomic E-state index is -0.401. The van der Waals surface area contributed by atoms with Gasteiger partial charge in [0.15, 0.2) is 11.5 Å². The van der Waals surface area contributed by atoms with E-state index in [-0.39, 0.29) is 34.5 Å². The lowest BCUT2D eigenvalue weighted by molar-refractivity contribution is -0.117. The third kappa shape index (κ3) is 5.85. The summed E-state index contributed by atoms with van der Waals surface area (Å²) in [5.41, 5.74) is 7.21. The van der Waals surface area contributed by atoms with Gasteiger partial charge in [0.2, 0.25) is 11.6 Å². The number of fused-ring (bicyclic) bond motifs is 2. The minimum absolute atomic E-state index is 0.00463. The van der Waals surface area contributed by atoms with Gasteiger partial charge in [-0.1, -0.05) is 87.9 Å². The zero-order valence-electron chi connectivity index (χ0n) is 27.4. The fourth-order valence-electron chi connectivity index (χ4n) is 5.88. The number of allylic oxidation sites excluding steroid dienone is 6. The Morgan fingerprint density at radius 3 is 1.84 bits per heavy atom. The first-order chi connectivity index (χ1) is 21.6. The monoisotopic (exact) mass is 602 g/mol. The number of para-hydroxylation sites is 2. The van der Waals surface area contributed by atoms with Crippen molar-refractivity contribution in [3.63, 3.8) is 0 Å². The van der Waals surface area contributed by atoms with Crippen LogP contribution in [0.1, 0.15) is 69.6 Å². The molecule has 1 aliphatic rings. The molecule has 6 heteroatoms. The molecule has 0 atom stereocenters. The molecule has 5 rings (SSSR count). The number of ketones is 2. The van der Waals surface area contributed by atoms with Gasteiger partial charge in [0.25, 0.3) is 0 Å². The Labute approximate surface area is 265 Å². The molecule has 2 N–H and O–H groups in total. The van der Waals surface area contributed by atoms with Gasteiger partial charge < -0.3 is 19.4 Å². The van der Waals surface area contributed by atoms with Crippen LogP contribution in [-0.4, -0.2) is 35.8 Å². The van der Waals surface area contributed by atoms with Gasteiger partial charge in [0.05, 0.1) is 30.9 Å². The van der Waals surface area contributed by atoms with Crippen LogP contribution >= 0.6 is 0 Å². The van der Waals surface area contributed by atoms with Gasteiger partial charge in [-0.05, 0) is 55.9 Å². The van der Waals surface area contributed by atoms with Crippen LogP contribution in [0.5, 0.6) is 0 Å². The number of Topliss-reactive ketones (excluding diaryl/α,β-unsaturated/α-hetero) is 2. The van der Waals surface area contributed by atoms with Gasteiger partial charge in [0, 0.05) is 38.8 Å². The minimum Gasteiger partial charge on any atom is -0.492 e. The SMILES string of the molecule is CC=C(C)Cc1cccc2c(C3=C(OC)C(=O)C(c4c(C=CC(C)C)[nH]c5ccccc45)=C(OC)C3=O)c(C=CC(C)C)[nH]c12. The van der Waals surface area contributed by atoms with Gasteiger partial charge in [0.1, 0.15) is 0 Å². The molecule has 4 aromatic rings. The zero-order valence-corrected chi connectivity index (χ0v) is 27.4. The van der Waals surface area contributed by atoms with Gasteiger partial charge in [-0.15, -0.1) is 0 Å². The zero-order chi connectivity index (χ0) is 32.4. The second-order valence-corrected chi connectivity index (χ2v) is 12.2. The fourth-order valence-corrected chi connectivity index (χ4v) is 5.88. The van der Waals surface area contributed by atoms with E-state index in [2.05, 4.69) is 68.9 Å². The summed E-state index contributed by atoms with van der Waals surface area (Å²) in [6, 6.07) is 13.8. The number of benzene rings is 2. The predicted molar refractivity (Wildman–Crippen MR) is 185 cm³/mol. The highest BCUT2D eigenvalue weighted by Gasteiger charge is 2.41. The molecular weight excluding hydrogens is 560 g/mol. The number of methoxy groups -OCH3 is 2. The van der Waals surface area contributed by atoms with E-state index in [1.807, 2.05) is 55.5 Å². The Bertz CT molecular complexity index is 1950. The summed E-state index contributed by atoms with van der Waals surface area (Å²) in [6.45, 7) is 12.5. The Balaban J connectivity index is 1.81. The Morgan fingerprint density at radius 2 is 1.29 bits per heavy atom. The summed E-state index contributed by atoms with van der Waals surface area (Å²) >= 11 is 0. The standard InChI is InChI=1S/C39H42N2O4/c1-9-24(6)21-25-13-12-15-27-32(30(41-35(25)27)20-18-23(4)5)34-37(43)38(44-7)33(36(42)39(34)45-8)31-26-14-10-11-16-28(26)40-29(31)19-17-22(2)3/h9-20,22-23,40-41H,21H2,1-8H3. The highest BCUT2D eigenvalue weighted by atomic mass is 16.5. The number of rotatable bonds is 10. The second kappa shape index (κ2) is 13.0. The van der Waals surface area contributed by atoms with E-state index in [4.69, 9.17) is 9.47 Å². The van der Waals surface area contributed by atoms with E-state index in [1.165, 1.54) is 19.8 Å². The molecular formula is C39H42N2O4. The van der Waals surface area contributed by atoms with Crippen LogP contribution in [0.25, 0.3) is 45.1 Å². The van der Waals surface area contributed by atoms with Crippen LogP contribution in [0.2, 0.25) is 0 Å². The molecule has 0 bridgehead atoms. The molecule has 0 unspecified atom stereocenters. The molecule has 0 saturated heterocycles.